The van der Waals surface area contributed by atoms with Gasteiger partial charge >= 0.3 is 0 Å². The van der Waals surface area contributed by atoms with Gasteiger partial charge in [0.2, 0.25) is 0 Å². The van der Waals surface area contributed by atoms with Gasteiger partial charge in [-0.05, 0) is 30.7 Å². The van der Waals surface area contributed by atoms with E-state index in [4.69, 9.17) is 9.97 Å². The number of hydrogen-bond donors (Lipinski definition) is 0. The molecular weight excluding hydrogens is 320 g/mol. The summed E-state index contributed by atoms with van der Waals surface area (Å²) in [7, 11) is 2.05. The van der Waals surface area contributed by atoms with Crippen molar-refractivity contribution in [2.45, 2.75) is 12.8 Å². The highest BCUT2D eigenvalue weighted by atomic mass is 15.0. The maximum atomic E-state index is 4.80. The van der Waals surface area contributed by atoms with E-state index in [1.807, 2.05) is 55.6 Å². The third-order valence-electron chi connectivity index (χ3n) is 4.38. The molecule has 4 rings (SSSR count). The van der Waals surface area contributed by atoms with E-state index in [1.165, 1.54) is 0 Å². The molecule has 0 N–H and O–H groups in total. The molecule has 0 aliphatic carbocycles. The summed E-state index contributed by atoms with van der Waals surface area (Å²) in [6.45, 7) is 0. The molecule has 0 bridgehead atoms. The Balaban J connectivity index is 1.51. The van der Waals surface area contributed by atoms with Gasteiger partial charge in [0.15, 0.2) is 0 Å². The topological polar surface area (TPSA) is 43.6 Å². The summed E-state index contributed by atoms with van der Waals surface area (Å²) in [5.41, 5.74) is 5.02. The molecule has 0 fully saturated rings. The fourth-order valence-electron chi connectivity index (χ4n) is 3.00. The molecule has 0 aliphatic rings. The van der Waals surface area contributed by atoms with Gasteiger partial charge in [-0.25, -0.2) is 4.98 Å². The first kappa shape index (κ1) is 16.2. The average molecular weight is 340 g/mol. The van der Waals surface area contributed by atoms with Crippen LogP contribution in [-0.2, 0) is 19.9 Å². The van der Waals surface area contributed by atoms with Crippen molar-refractivity contribution >= 4 is 0 Å². The van der Waals surface area contributed by atoms with Gasteiger partial charge in [-0.3, -0.25) is 9.97 Å². The summed E-state index contributed by atoms with van der Waals surface area (Å²) in [5.74, 6) is 1.06. The normalized spacial score (nSPS) is 10.8. The highest BCUT2D eigenvalue weighted by Gasteiger charge is 2.08. The summed E-state index contributed by atoms with van der Waals surface area (Å²) in [6.07, 6.45) is 5.58. The summed E-state index contributed by atoms with van der Waals surface area (Å²) in [6, 6.07) is 22.3. The first-order chi connectivity index (χ1) is 12.8. The Morgan fingerprint density at radius 3 is 2.35 bits per heavy atom. The zero-order valence-corrected chi connectivity index (χ0v) is 14.7. The van der Waals surface area contributed by atoms with E-state index < -0.39 is 0 Å². The van der Waals surface area contributed by atoms with Gasteiger partial charge < -0.3 is 4.57 Å². The van der Waals surface area contributed by atoms with Crippen LogP contribution in [0.25, 0.3) is 22.6 Å². The Bertz CT molecular complexity index is 991. The van der Waals surface area contributed by atoms with Crippen LogP contribution in [0.2, 0.25) is 0 Å². The second kappa shape index (κ2) is 7.31. The zero-order chi connectivity index (χ0) is 17.8. The highest BCUT2D eigenvalue weighted by Crippen LogP contribution is 2.19. The average Bonchev–Trinajstić information content (AvgIpc) is 3.09. The Hall–Kier alpha value is -3.27. The fraction of sp³-hybridized carbons (Fsp3) is 0.136. The van der Waals surface area contributed by atoms with E-state index >= 15 is 0 Å². The Kier molecular flexibility index (Phi) is 4.56. The number of rotatable bonds is 5. The van der Waals surface area contributed by atoms with Crippen molar-refractivity contribution < 1.29 is 0 Å². The molecule has 4 heteroatoms. The molecule has 4 aromatic rings. The third kappa shape index (κ3) is 3.54. The van der Waals surface area contributed by atoms with E-state index in [2.05, 4.69) is 33.9 Å². The van der Waals surface area contributed by atoms with Gasteiger partial charge in [-0.15, -0.1) is 0 Å². The largest absolute Gasteiger partial charge is 0.337 e. The van der Waals surface area contributed by atoms with Crippen molar-refractivity contribution in [3.8, 4) is 22.6 Å². The van der Waals surface area contributed by atoms with Gasteiger partial charge in [0.05, 0.1) is 17.1 Å². The fourth-order valence-corrected chi connectivity index (χ4v) is 3.00. The molecule has 3 aromatic heterocycles. The quantitative estimate of drug-likeness (QED) is 0.543. The van der Waals surface area contributed by atoms with E-state index in [0.29, 0.717) is 0 Å². The monoisotopic (exact) mass is 340 g/mol. The molecule has 3 heterocycles. The maximum Gasteiger partial charge on any atom is 0.109 e. The zero-order valence-electron chi connectivity index (χ0n) is 14.7. The molecular formula is C22H20N4. The van der Waals surface area contributed by atoms with Crippen LogP contribution in [0.15, 0.2) is 79.1 Å². The second-order valence-corrected chi connectivity index (χ2v) is 6.25. The summed E-state index contributed by atoms with van der Waals surface area (Å²) >= 11 is 0. The van der Waals surface area contributed by atoms with Crippen LogP contribution in [0.5, 0.6) is 0 Å². The molecule has 0 amide bonds. The van der Waals surface area contributed by atoms with Gasteiger partial charge in [-0.2, -0.15) is 0 Å². The summed E-state index contributed by atoms with van der Waals surface area (Å²) < 4.78 is 2.10. The van der Waals surface area contributed by atoms with Crippen molar-refractivity contribution in [1.82, 2.24) is 19.5 Å². The molecule has 0 unspecified atom stereocenters. The highest BCUT2D eigenvalue weighted by molar-refractivity contribution is 5.58. The number of imidazole rings is 1. The molecule has 0 radical (unpaired) electrons. The molecule has 4 nitrogen and oxygen atoms in total. The minimum atomic E-state index is 0.847. The van der Waals surface area contributed by atoms with Crippen molar-refractivity contribution in [1.29, 1.82) is 0 Å². The van der Waals surface area contributed by atoms with Crippen molar-refractivity contribution in [2.75, 3.05) is 0 Å². The van der Waals surface area contributed by atoms with E-state index in [9.17, 15) is 0 Å². The van der Waals surface area contributed by atoms with E-state index in [0.717, 1.165) is 47.0 Å². The third-order valence-corrected chi connectivity index (χ3v) is 4.38. The van der Waals surface area contributed by atoms with Crippen LogP contribution in [0.1, 0.15) is 11.5 Å². The first-order valence-electron chi connectivity index (χ1n) is 8.74. The van der Waals surface area contributed by atoms with Gasteiger partial charge in [0.25, 0.3) is 0 Å². The lowest BCUT2D eigenvalue weighted by Crippen LogP contribution is -2.01. The van der Waals surface area contributed by atoms with E-state index in [1.54, 1.807) is 6.20 Å². The Labute approximate surface area is 153 Å². The van der Waals surface area contributed by atoms with Crippen molar-refractivity contribution in [3.05, 3.63) is 90.6 Å². The minimum absolute atomic E-state index is 0.847. The van der Waals surface area contributed by atoms with Gasteiger partial charge in [0.1, 0.15) is 5.82 Å². The Morgan fingerprint density at radius 1 is 0.731 bits per heavy atom. The molecule has 0 atom stereocenters. The Morgan fingerprint density at radius 2 is 1.54 bits per heavy atom. The van der Waals surface area contributed by atoms with Gasteiger partial charge in [0, 0.05) is 37.1 Å². The lowest BCUT2D eigenvalue weighted by molar-refractivity contribution is 0.762. The smallest absolute Gasteiger partial charge is 0.109 e. The first-order valence-corrected chi connectivity index (χ1v) is 8.74. The van der Waals surface area contributed by atoms with Crippen LogP contribution in [-0.4, -0.2) is 19.5 Å². The number of benzene rings is 1. The molecule has 128 valence electrons. The second-order valence-electron chi connectivity index (χ2n) is 6.25. The van der Waals surface area contributed by atoms with E-state index in [-0.39, 0.29) is 0 Å². The van der Waals surface area contributed by atoms with Crippen LogP contribution in [0.4, 0.5) is 0 Å². The molecule has 0 aliphatic heterocycles. The number of aromatic nitrogens is 4. The predicted octanol–water partition coefficient (Wildman–Crippen LogP) is 4.33. The summed E-state index contributed by atoms with van der Waals surface area (Å²) in [5, 5.41) is 0. The molecule has 0 saturated carbocycles. The van der Waals surface area contributed by atoms with Crippen molar-refractivity contribution in [3.63, 3.8) is 0 Å². The van der Waals surface area contributed by atoms with Crippen LogP contribution >= 0.6 is 0 Å². The number of aryl methyl sites for hydroxylation is 3. The number of hydrogen-bond acceptors (Lipinski definition) is 3. The standard InChI is InChI=1S/C22H20N4/c1-26-16-21(17-8-3-2-4-9-17)25-22(26)14-13-18-10-7-12-20(24-18)19-11-5-6-15-23-19/h2-12,15-16H,13-14H2,1H3. The molecule has 1 aromatic carbocycles. The molecule has 26 heavy (non-hydrogen) atoms. The van der Waals surface area contributed by atoms with Crippen LogP contribution in [0, 0.1) is 0 Å². The summed E-state index contributed by atoms with van der Waals surface area (Å²) in [4.78, 5) is 13.9. The maximum absolute atomic E-state index is 4.80. The van der Waals surface area contributed by atoms with Crippen molar-refractivity contribution in [2.24, 2.45) is 7.05 Å². The predicted molar refractivity (Wildman–Crippen MR) is 104 cm³/mol. The minimum Gasteiger partial charge on any atom is -0.337 e. The lowest BCUT2D eigenvalue weighted by atomic mass is 10.1. The molecule has 0 saturated heterocycles. The van der Waals surface area contributed by atoms with Gasteiger partial charge in [-0.1, -0.05) is 42.5 Å². The van der Waals surface area contributed by atoms with Crippen LogP contribution in [0.3, 0.4) is 0 Å². The molecule has 0 spiro atoms. The SMILES string of the molecule is Cn1cc(-c2ccccc2)nc1CCc1cccc(-c2ccccn2)n1. The number of nitrogens with zero attached hydrogens (tertiary/aromatic N) is 4. The lowest BCUT2D eigenvalue weighted by Gasteiger charge is -2.04. The number of pyridine rings is 2. The van der Waals surface area contributed by atoms with Crippen LogP contribution < -0.4 is 0 Å².